The summed E-state index contributed by atoms with van der Waals surface area (Å²) in [6.07, 6.45) is 4.00. The second kappa shape index (κ2) is 5.77. The summed E-state index contributed by atoms with van der Waals surface area (Å²) in [5.41, 5.74) is 0.277. The fraction of sp³-hybridized carbons (Fsp3) is 0.733. The molecule has 0 aromatic carbocycles. The van der Waals surface area contributed by atoms with Gasteiger partial charge in [0.15, 0.2) is 0 Å². The number of nitrogens with zero attached hydrogens (tertiary/aromatic N) is 4. The summed E-state index contributed by atoms with van der Waals surface area (Å²) in [6.45, 7) is 4.06. The van der Waals surface area contributed by atoms with Crippen LogP contribution in [-0.2, 0) is 4.74 Å². The standard InChI is InChI=1S/C15H24N4O2/c1-18-5-4-12(8-20-2)7-15(18)9-19(10-15)13-6-14(21-3)17-11-16-13/h6,11-12H,4-5,7-10H2,1-3H3/t12-/m0/s1. The summed E-state index contributed by atoms with van der Waals surface area (Å²) in [7, 11) is 5.67. The summed E-state index contributed by atoms with van der Waals surface area (Å²) in [5, 5.41) is 0. The van der Waals surface area contributed by atoms with E-state index in [1.807, 2.05) is 6.07 Å². The molecule has 0 N–H and O–H groups in total. The second-order valence-corrected chi connectivity index (χ2v) is 6.23. The van der Waals surface area contributed by atoms with E-state index in [9.17, 15) is 0 Å². The van der Waals surface area contributed by atoms with Gasteiger partial charge < -0.3 is 14.4 Å². The summed E-state index contributed by atoms with van der Waals surface area (Å²) >= 11 is 0. The Kier molecular flexibility index (Phi) is 3.99. The first-order chi connectivity index (χ1) is 10.2. The molecule has 21 heavy (non-hydrogen) atoms. The number of hydrogen-bond donors (Lipinski definition) is 0. The molecule has 1 atom stereocenters. The molecule has 0 unspecified atom stereocenters. The van der Waals surface area contributed by atoms with Crippen LogP contribution in [0.25, 0.3) is 0 Å². The summed E-state index contributed by atoms with van der Waals surface area (Å²) in [4.78, 5) is 13.2. The van der Waals surface area contributed by atoms with Crippen molar-refractivity contribution in [2.45, 2.75) is 18.4 Å². The topological polar surface area (TPSA) is 50.7 Å². The Labute approximate surface area is 126 Å². The number of methoxy groups -OCH3 is 2. The van der Waals surface area contributed by atoms with Crippen molar-refractivity contribution < 1.29 is 9.47 Å². The van der Waals surface area contributed by atoms with Crippen molar-refractivity contribution in [3.05, 3.63) is 12.4 Å². The van der Waals surface area contributed by atoms with Crippen molar-refractivity contribution in [1.82, 2.24) is 14.9 Å². The van der Waals surface area contributed by atoms with E-state index in [1.54, 1.807) is 20.5 Å². The zero-order valence-corrected chi connectivity index (χ0v) is 13.1. The third-order valence-corrected chi connectivity index (χ3v) is 4.88. The van der Waals surface area contributed by atoms with Crippen molar-refractivity contribution >= 4 is 5.82 Å². The Hall–Kier alpha value is -1.40. The number of aromatic nitrogens is 2. The van der Waals surface area contributed by atoms with Gasteiger partial charge in [-0.2, -0.15) is 0 Å². The minimum Gasteiger partial charge on any atom is -0.481 e. The van der Waals surface area contributed by atoms with Crippen LogP contribution >= 0.6 is 0 Å². The van der Waals surface area contributed by atoms with Crippen molar-refractivity contribution in [2.24, 2.45) is 5.92 Å². The number of piperidine rings is 1. The smallest absolute Gasteiger partial charge is 0.218 e. The van der Waals surface area contributed by atoms with Gasteiger partial charge in [-0.15, -0.1) is 0 Å². The molecule has 1 aromatic heterocycles. The molecule has 0 aliphatic carbocycles. The number of anilines is 1. The van der Waals surface area contributed by atoms with Gasteiger partial charge in [0, 0.05) is 32.9 Å². The first-order valence-electron chi connectivity index (χ1n) is 7.48. The fourth-order valence-corrected chi connectivity index (χ4v) is 3.60. The molecule has 0 saturated carbocycles. The highest BCUT2D eigenvalue weighted by atomic mass is 16.5. The molecule has 6 heteroatoms. The van der Waals surface area contributed by atoms with E-state index in [1.165, 1.54) is 12.8 Å². The number of ether oxygens (including phenoxy) is 2. The lowest BCUT2D eigenvalue weighted by molar-refractivity contribution is -0.00406. The van der Waals surface area contributed by atoms with Crippen LogP contribution in [0.2, 0.25) is 0 Å². The van der Waals surface area contributed by atoms with Gasteiger partial charge in [-0.05, 0) is 32.4 Å². The van der Waals surface area contributed by atoms with Gasteiger partial charge in [0.05, 0.1) is 12.6 Å². The van der Waals surface area contributed by atoms with Crippen molar-refractivity contribution in [2.75, 3.05) is 52.4 Å². The molecule has 2 aliphatic rings. The minimum absolute atomic E-state index is 0.277. The molecule has 2 aliphatic heterocycles. The maximum absolute atomic E-state index is 5.35. The van der Waals surface area contributed by atoms with Gasteiger partial charge in [-0.3, -0.25) is 4.90 Å². The minimum atomic E-state index is 0.277. The quantitative estimate of drug-likeness (QED) is 0.826. The van der Waals surface area contributed by atoms with E-state index in [2.05, 4.69) is 26.8 Å². The first-order valence-corrected chi connectivity index (χ1v) is 7.48. The molecule has 3 rings (SSSR count). The molecular weight excluding hydrogens is 268 g/mol. The molecular formula is C15H24N4O2. The molecule has 0 bridgehead atoms. The number of likely N-dealkylation sites (tertiary alicyclic amines) is 1. The molecule has 1 aromatic rings. The lowest BCUT2D eigenvalue weighted by Gasteiger charge is -2.59. The zero-order valence-electron chi connectivity index (χ0n) is 13.1. The van der Waals surface area contributed by atoms with Gasteiger partial charge in [0.25, 0.3) is 0 Å². The summed E-state index contributed by atoms with van der Waals surface area (Å²) < 4.78 is 10.5. The first kappa shape index (κ1) is 14.5. The highest BCUT2D eigenvalue weighted by Gasteiger charge is 2.49. The lowest BCUT2D eigenvalue weighted by atomic mass is 9.75. The van der Waals surface area contributed by atoms with E-state index < -0.39 is 0 Å². The maximum atomic E-state index is 5.35. The van der Waals surface area contributed by atoms with E-state index in [4.69, 9.17) is 9.47 Å². The van der Waals surface area contributed by atoms with Crippen LogP contribution in [-0.4, -0.2) is 67.9 Å². The Morgan fingerprint density at radius 2 is 2.14 bits per heavy atom. The van der Waals surface area contributed by atoms with Crippen LogP contribution in [0.3, 0.4) is 0 Å². The van der Waals surface area contributed by atoms with Gasteiger partial charge >= 0.3 is 0 Å². The SMILES string of the molecule is COC[C@H]1CCN(C)C2(C1)CN(c1cc(OC)ncn1)C2. The normalized spacial score (nSPS) is 24.9. The van der Waals surface area contributed by atoms with E-state index in [0.717, 1.165) is 32.1 Å². The maximum Gasteiger partial charge on any atom is 0.218 e. The molecule has 2 fully saturated rings. The molecule has 2 saturated heterocycles. The van der Waals surface area contributed by atoms with Gasteiger partial charge in [-0.25, -0.2) is 9.97 Å². The van der Waals surface area contributed by atoms with Crippen molar-refractivity contribution in [1.29, 1.82) is 0 Å². The lowest BCUT2D eigenvalue weighted by Crippen LogP contribution is -2.72. The molecule has 3 heterocycles. The fourth-order valence-electron chi connectivity index (χ4n) is 3.60. The highest BCUT2D eigenvalue weighted by molar-refractivity contribution is 5.46. The van der Waals surface area contributed by atoms with Gasteiger partial charge in [-0.1, -0.05) is 0 Å². The Morgan fingerprint density at radius 1 is 1.33 bits per heavy atom. The monoisotopic (exact) mass is 292 g/mol. The Morgan fingerprint density at radius 3 is 2.86 bits per heavy atom. The van der Waals surface area contributed by atoms with E-state index >= 15 is 0 Å². The van der Waals surface area contributed by atoms with Crippen LogP contribution in [0.5, 0.6) is 5.88 Å². The Bertz CT molecular complexity index is 490. The predicted octanol–water partition coefficient (Wildman–Crippen LogP) is 1.03. The van der Waals surface area contributed by atoms with Crippen LogP contribution in [0, 0.1) is 5.92 Å². The molecule has 116 valence electrons. The average Bonchev–Trinajstić information content (AvgIpc) is 2.47. The molecule has 0 amide bonds. The predicted molar refractivity (Wildman–Crippen MR) is 80.8 cm³/mol. The number of likely N-dealkylation sites (N-methyl/N-ethyl adjacent to an activating group) is 1. The summed E-state index contributed by atoms with van der Waals surface area (Å²) in [6, 6.07) is 1.91. The van der Waals surface area contributed by atoms with Crippen LogP contribution in [0.4, 0.5) is 5.82 Å². The van der Waals surface area contributed by atoms with Crippen LogP contribution in [0.1, 0.15) is 12.8 Å². The molecule has 0 radical (unpaired) electrons. The average molecular weight is 292 g/mol. The second-order valence-electron chi connectivity index (χ2n) is 6.23. The van der Waals surface area contributed by atoms with Crippen molar-refractivity contribution in [3.8, 4) is 5.88 Å². The van der Waals surface area contributed by atoms with Crippen LogP contribution < -0.4 is 9.64 Å². The van der Waals surface area contributed by atoms with E-state index in [0.29, 0.717) is 11.8 Å². The van der Waals surface area contributed by atoms with Gasteiger partial charge in [0.1, 0.15) is 12.1 Å². The third-order valence-electron chi connectivity index (χ3n) is 4.88. The van der Waals surface area contributed by atoms with Crippen molar-refractivity contribution in [3.63, 3.8) is 0 Å². The van der Waals surface area contributed by atoms with Crippen LogP contribution in [0.15, 0.2) is 12.4 Å². The number of hydrogen-bond acceptors (Lipinski definition) is 6. The largest absolute Gasteiger partial charge is 0.481 e. The van der Waals surface area contributed by atoms with Gasteiger partial charge in [0.2, 0.25) is 5.88 Å². The number of rotatable bonds is 4. The van der Waals surface area contributed by atoms with E-state index in [-0.39, 0.29) is 5.54 Å². The molecule has 1 spiro atoms. The highest BCUT2D eigenvalue weighted by Crippen LogP contribution is 2.40. The third kappa shape index (κ3) is 2.70. The Balaban J connectivity index is 1.67. The molecule has 6 nitrogen and oxygen atoms in total. The summed E-state index contributed by atoms with van der Waals surface area (Å²) in [5.74, 6) is 2.25. The zero-order chi connectivity index (χ0) is 14.9.